The van der Waals surface area contributed by atoms with Crippen molar-refractivity contribution < 1.29 is 18.3 Å². The van der Waals surface area contributed by atoms with E-state index >= 15 is 0 Å². The van der Waals surface area contributed by atoms with Gasteiger partial charge in [0.1, 0.15) is 0 Å². The minimum absolute atomic E-state index is 0.135. The zero-order valence-corrected chi connectivity index (χ0v) is 10.4. The minimum Gasteiger partial charge on any atom is -0.481 e. The third kappa shape index (κ3) is 3.45. The summed E-state index contributed by atoms with van der Waals surface area (Å²) in [5.41, 5.74) is 0. The Labute approximate surface area is 96.5 Å². The van der Waals surface area contributed by atoms with Crippen LogP contribution >= 0.6 is 0 Å². The van der Waals surface area contributed by atoms with Crippen LogP contribution in [0.3, 0.4) is 0 Å². The van der Waals surface area contributed by atoms with E-state index in [1.165, 1.54) is 4.31 Å². The first-order valence-corrected chi connectivity index (χ1v) is 7.29. The van der Waals surface area contributed by atoms with Gasteiger partial charge in [0.2, 0.25) is 10.0 Å². The summed E-state index contributed by atoms with van der Waals surface area (Å²) in [6.07, 6.45) is 2.68. The van der Waals surface area contributed by atoms with Crippen molar-refractivity contribution in [2.75, 3.05) is 18.8 Å². The second kappa shape index (κ2) is 5.63. The van der Waals surface area contributed by atoms with Gasteiger partial charge in [0, 0.05) is 13.1 Å². The fraction of sp³-hybridized carbons (Fsp3) is 0.900. The maximum Gasteiger partial charge on any atom is 0.307 e. The zero-order chi connectivity index (χ0) is 12.2. The van der Waals surface area contributed by atoms with Gasteiger partial charge >= 0.3 is 5.97 Å². The molecule has 16 heavy (non-hydrogen) atoms. The predicted octanol–water partition coefficient (Wildman–Crippen LogP) is 0.913. The largest absolute Gasteiger partial charge is 0.481 e. The van der Waals surface area contributed by atoms with Gasteiger partial charge in [-0.2, -0.15) is 0 Å². The normalized spacial score (nSPS) is 23.2. The highest BCUT2D eigenvalue weighted by Crippen LogP contribution is 2.20. The Morgan fingerprint density at radius 1 is 1.50 bits per heavy atom. The van der Waals surface area contributed by atoms with Crippen molar-refractivity contribution >= 4 is 16.0 Å². The van der Waals surface area contributed by atoms with E-state index in [-0.39, 0.29) is 12.3 Å². The fourth-order valence-electron chi connectivity index (χ4n) is 1.85. The van der Waals surface area contributed by atoms with E-state index in [0.717, 1.165) is 6.42 Å². The summed E-state index contributed by atoms with van der Waals surface area (Å²) < 4.78 is 25.0. The molecule has 94 valence electrons. The summed E-state index contributed by atoms with van der Waals surface area (Å²) in [5.74, 6) is -1.30. The van der Waals surface area contributed by atoms with Crippen LogP contribution in [0, 0.1) is 5.92 Å². The Balaban J connectivity index is 2.62. The van der Waals surface area contributed by atoms with Crippen LogP contribution in [-0.2, 0) is 14.8 Å². The van der Waals surface area contributed by atoms with Crippen LogP contribution in [0.4, 0.5) is 0 Å². The maximum atomic E-state index is 11.8. The molecular weight excluding hydrogens is 230 g/mol. The number of carboxylic acid groups (broad SMARTS) is 1. The monoisotopic (exact) mass is 249 g/mol. The van der Waals surface area contributed by atoms with Crippen LogP contribution in [0.5, 0.6) is 0 Å². The van der Waals surface area contributed by atoms with Crippen LogP contribution in [-0.4, -0.2) is 42.6 Å². The van der Waals surface area contributed by atoms with E-state index in [1.54, 1.807) is 0 Å². The van der Waals surface area contributed by atoms with Gasteiger partial charge in [0.25, 0.3) is 0 Å². The molecule has 1 rings (SSSR count). The highest BCUT2D eigenvalue weighted by molar-refractivity contribution is 7.89. The van der Waals surface area contributed by atoms with E-state index < -0.39 is 21.9 Å². The molecule has 0 aromatic rings. The van der Waals surface area contributed by atoms with Crippen LogP contribution < -0.4 is 0 Å². The summed E-state index contributed by atoms with van der Waals surface area (Å²) >= 11 is 0. The molecule has 0 spiro atoms. The van der Waals surface area contributed by atoms with E-state index in [9.17, 15) is 13.2 Å². The summed E-state index contributed by atoms with van der Waals surface area (Å²) in [6, 6.07) is 0. The number of carbonyl (C=O) groups is 1. The van der Waals surface area contributed by atoms with Gasteiger partial charge in [-0.25, -0.2) is 12.7 Å². The minimum atomic E-state index is -3.24. The lowest BCUT2D eigenvalue weighted by atomic mass is 10.0. The number of hydrogen-bond acceptors (Lipinski definition) is 3. The van der Waals surface area contributed by atoms with Crippen molar-refractivity contribution in [2.24, 2.45) is 5.92 Å². The summed E-state index contributed by atoms with van der Waals surface area (Å²) in [4.78, 5) is 10.8. The van der Waals surface area contributed by atoms with Crippen LogP contribution in [0.15, 0.2) is 0 Å². The molecule has 0 bridgehead atoms. The molecule has 1 aliphatic rings. The number of sulfonamides is 1. The van der Waals surface area contributed by atoms with Gasteiger partial charge in [-0.3, -0.25) is 4.79 Å². The van der Waals surface area contributed by atoms with E-state index in [4.69, 9.17) is 5.11 Å². The van der Waals surface area contributed by atoms with Crippen molar-refractivity contribution in [3.8, 4) is 0 Å². The number of unbranched alkanes of at least 4 members (excludes halogenated alkanes) is 1. The second-order valence-corrected chi connectivity index (χ2v) is 6.29. The number of piperidine rings is 1. The van der Waals surface area contributed by atoms with Crippen LogP contribution in [0.1, 0.15) is 32.6 Å². The van der Waals surface area contributed by atoms with Gasteiger partial charge in [0.05, 0.1) is 11.7 Å². The first-order chi connectivity index (χ1) is 7.47. The smallest absolute Gasteiger partial charge is 0.307 e. The Bertz CT molecular complexity index is 339. The van der Waals surface area contributed by atoms with E-state index in [1.807, 2.05) is 6.92 Å². The second-order valence-electron chi connectivity index (χ2n) is 4.20. The molecule has 0 aliphatic carbocycles. The highest BCUT2D eigenvalue weighted by atomic mass is 32.2. The highest BCUT2D eigenvalue weighted by Gasteiger charge is 2.31. The van der Waals surface area contributed by atoms with Gasteiger partial charge in [-0.15, -0.1) is 0 Å². The van der Waals surface area contributed by atoms with Crippen molar-refractivity contribution in [3.05, 3.63) is 0 Å². The van der Waals surface area contributed by atoms with Gasteiger partial charge in [-0.05, 0) is 19.3 Å². The average molecular weight is 249 g/mol. The van der Waals surface area contributed by atoms with E-state index in [0.29, 0.717) is 25.8 Å². The molecule has 0 aromatic heterocycles. The number of carboxylic acids is 1. The maximum absolute atomic E-state index is 11.8. The molecule has 1 N–H and O–H groups in total. The first kappa shape index (κ1) is 13.4. The fourth-order valence-corrected chi connectivity index (χ4v) is 3.58. The average Bonchev–Trinajstić information content (AvgIpc) is 2.26. The summed E-state index contributed by atoms with van der Waals surface area (Å²) in [5, 5.41) is 8.88. The summed E-state index contributed by atoms with van der Waals surface area (Å²) in [6.45, 7) is 2.54. The third-order valence-electron chi connectivity index (χ3n) is 2.88. The molecule has 5 nitrogen and oxygen atoms in total. The number of rotatable bonds is 5. The molecule has 0 unspecified atom stereocenters. The van der Waals surface area contributed by atoms with Gasteiger partial charge in [-0.1, -0.05) is 13.3 Å². The molecular formula is C10H19NO4S. The van der Waals surface area contributed by atoms with Crippen molar-refractivity contribution in [1.29, 1.82) is 0 Å². The number of aliphatic carboxylic acids is 1. The lowest BCUT2D eigenvalue weighted by molar-refractivity contribution is -0.142. The SMILES string of the molecule is CCCCS(=O)(=O)N1CCC[C@@H](C(=O)O)C1. The molecule has 0 aromatic carbocycles. The molecule has 6 heteroatoms. The Morgan fingerprint density at radius 2 is 2.19 bits per heavy atom. The van der Waals surface area contributed by atoms with Crippen LogP contribution in [0.25, 0.3) is 0 Å². The predicted molar refractivity (Wildman–Crippen MR) is 60.6 cm³/mol. The molecule has 1 heterocycles. The lowest BCUT2D eigenvalue weighted by Crippen LogP contribution is -2.43. The van der Waals surface area contributed by atoms with E-state index in [2.05, 4.69) is 0 Å². The summed E-state index contributed by atoms with van der Waals surface area (Å²) in [7, 11) is -3.24. The van der Waals surface area contributed by atoms with Gasteiger partial charge in [0.15, 0.2) is 0 Å². The quantitative estimate of drug-likeness (QED) is 0.786. The molecule has 1 fully saturated rings. The number of nitrogens with zero attached hydrogens (tertiary/aromatic N) is 1. The van der Waals surface area contributed by atoms with Gasteiger partial charge < -0.3 is 5.11 Å². The van der Waals surface area contributed by atoms with Crippen LogP contribution in [0.2, 0.25) is 0 Å². The van der Waals surface area contributed by atoms with Crippen molar-refractivity contribution in [2.45, 2.75) is 32.6 Å². The molecule has 0 radical (unpaired) electrons. The van der Waals surface area contributed by atoms with Crippen molar-refractivity contribution in [3.63, 3.8) is 0 Å². The topological polar surface area (TPSA) is 74.7 Å². The Hall–Kier alpha value is -0.620. The Kier molecular flexibility index (Phi) is 4.73. The molecule has 0 saturated carbocycles. The standard InChI is InChI=1S/C10H19NO4S/c1-2-3-7-16(14,15)11-6-4-5-9(8-11)10(12)13/h9H,2-8H2,1H3,(H,12,13)/t9-/m1/s1. The lowest BCUT2D eigenvalue weighted by Gasteiger charge is -2.29. The number of hydrogen-bond donors (Lipinski definition) is 1. The zero-order valence-electron chi connectivity index (χ0n) is 9.55. The molecule has 1 saturated heterocycles. The molecule has 1 aliphatic heterocycles. The third-order valence-corrected chi connectivity index (χ3v) is 4.81. The molecule has 0 amide bonds. The molecule has 1 atom stereocenters. The first-order valence-electron chi connectivity index (χ1n) is 5.68. The Morgan fingerprint density at radius 3 is 2.75 bits per heavy atom. The van der Waals surface area contributed by atoms with Crippen molar-refractivity contribution in [1.82, 2.24) is 4.31 Å².